The summed E-state index contributed by atoms with van der Waals surface area (Å²) in [5.41, 5.74) is 8.65. The number of aliphatic carboxylic acids is 2. The number of hydrogen-bond acceptors (Lipinski definition) is 6. The van der Waals surface area contributed by atoms with E-state index in [0.29, 0.717) is 11.8 Å². The fourth-order valence-corrected chi connectivity index (χ4v) is 9.63. The Morgan fingerprint density at radius 2 is 0.726 bits per heavy atom. The molecule has 4 aliphatic rings. The lowest BCUT2D eigenvalue weighted by molar-refractivity contribution is -0.159. The molecule has 2 unspecified atom stereocenters. The molecule has 8 heteroatoms. The van der Waals surface area contributed by atoms with Gasteiger partial charge in [0.15, 0.2) is 0 Å². The predicted molar refractivity (Wildman–Crippen MR) is 247 cm³/mol. The maximum Gasteiger partial charge on any atom is 0.414 e. The van der Waals surface area contributed by atoms with Gasteiger partial charge in [-0.25, -0.2) is 9.59 Å². The van der Waals surface area contributed by atoms with E-state index in [0.717, 1.165) is 65.0 Å². The summed E-state index contributed by atoms with van der Waals surface area (Å²) in [5.74, 6) is -0.0385. The molecule has 2 heterocycles. The Balaban J connectivity index is 0.000000151. The van der Waals surface area contributed by atoms with Crippen LogP contribution in [0.4, 0.5) is 0 Å². The van der Waals surface area contributed by atoms with Crippen LogP contribution in [0.5, 0.6) is 0 Å². The molecule has 0 saturated heterocycles. The van der Waals surface area contributed by atoms with E-state index in [1.807, 2.05) is 0 Å². The normalized spacial score (nSPS) is 18.8. The monoisotopic (exact) mass is 822 g/mol. The SMILES string of the molecule is O=C(O)C(=O)O.c1ccc(CCN2CCN=C2C2CC2(c2ccccc2)c2ccccc2)cc1.c1ccc(CCN2CCN=C2C2CC2(c2ccccc2)c2ccccc2)cc1. The van der Waals surface area contributed by atoms with Gasteiger partial charge in [-0.05, 0) is 59.1 Å². The van der Waals surface area contributed by atoms with Crippen LogP contribution < -0.4 is 0 Å². The molecule has 8 nitrogen and oxygen atoms in total. The minimum absolute atomic E-state index is 0.0800. The summed E-state index contributed by atoms with van der Waals surface area (Å²) < 4.78 is 0. The van der Waals surface area contributed by atoms with E-state index in [-0.39, 0.29) is 10.8 Å². The van der Waals surface area contributed by atoms with E-state index in [2.05, 4.69) is 192 Å². The number of carbonyl (C=O) groups is 2. The molecule has 2 aliphatic heterocycles. The van der Waals surface area contributed by atoms with E-state index in [9.17, 15) is 0 Å². The molecule has 2 aliphatic carbocycles. The van der Waals surface area contributed by atoms with E-state index in [1.54, 1.807) is 0 Å². The van der Waals surface area contributed by atoms with Crippen molar-refractivity contribution < 1.29 is 19.8 Å². The van der Waals surface area contributed by atoms with E-state index < -0.39 is 11.9 Å². The molecule has 10 rings (SSSR count). The van der Waals surface area contributed by atoms with Gasteiger partial charge in [-0.3, -0.25) is 9.98 Å². The van der Waals surface area contributed by atoms with Gasteiger partial charge in [-0.2, -0.15) is 0 Å². The van der Waals surface area contributed by atoms with Gasteiger partial charge in [-0.1, -0.05) is 182 Å². The topological polar surface area (TPSA) is 106 Å². The van der Waals surface area contributed by atoms with Gasteiger partial charge in [0.1, 0.15) is 11.7 Å². The van der Waals surface area contributed by atoms with Crippen molar-refractivity contribution in [3.63, 3.8) is 0 Å². The van der Waals surface area contributed by atoms with Crippen LogP contribution in [0, 0.1) is 11.8 Å². The number of carboxylic acids is 2. The second kappa shape index (κ2) is 19.3. The van der Waals surface area contributed by atoms with Crippen molar-refractivity contribution in [2.75, 3.05) is 39.3 Å². The first-order chi connectivity index (χ1) is 30.4. The first-order valence-electron chi connectivity index (χ1n) is 21.7. The Labute approximate surface area is 364 Å². The maximum absolute atomic E-state index is 9.10. The van der Waals surface area contributed by atoms with Gasteiger partial charge in [0.05, 0.1) is 13.1 Å². The second-order valence-electron chi connectivity index (χ2n) is 16.5. The Morgan fingerprint density at radius 3 is 1.00 bits per heavy atom. The molecule has 2 atom stereocenters. The van der Waals surface area contributed by atoms with Crippen LogP contribution in [-0.4, -0.2) is 82.9 Å². The van der Waals surface area contributed by atoms with Gasteiger partial charge >= 0.3 is 11.9 Å². The lowest BCUT2D eigenvalue weighted by Gasteiger charge is -2.24. The van der Waals surface area contributed by atoms with Crippen molar-refractivity contribution >= 4 is 23.6 Å². The van der Waals surface area contributed by atoms with Crippen LogP contribution in [-0.2, 0) is 33.3 Å². The smallest absolute Gasteiger partial charge is 0.414 e. The first-order valence-corrected chi connectivity index (χ1v) is 21.7. The lowest BCUT2D eigenvalue weighted by atomic mass is 9.85. The predicted octanol–water partition coefficient (Wildman–Crippen LogP) is 9.05. The van der Waals surface area contributed by atoms with E-state index >= 15 is 0 Å². The standard InChI is InChI=1S/2C26H26N2.C2H2O4/c2*1-4-10-21(11-5-1)16-18-28-19-17-27-25(28)24-20-26(24,22-12-6-2-7-13-22)23-14-8-3-9-15-23;3-1(4)2(5)6/h2*1-15,24H,16-20H2;(H,3,4)(H,5,6). The molecule has 2 fully saturated rings. The number of carboxylic acid groups (broad SMARTS) is 2. The minimum Gasteiger partial charge on any atom is -0.473 e. The fraction of sp³-hybridized carbons (Fsp3) is 0.259. The molecule has 2 saturated carbocycles. The highest BCUT2D eigenvalue weighted by atomic mass is 16.4. The van der Waals surface area contributed by atoms with Gasteiger partial charge in [0.2, 0.25) is 0 Å². The molecule has 0 amide bonds. The number of amidine groups is 2. The largest absolute Gasteiger partial charge is 0.473 e. The van der Waals surface area contributed by atoms with Crippen LogP contribution in [0.3, 0.4) is 0 Å². The summed E-state index contributed by atoms with van der Waals surface area (Å²) >= 11 is 0. The molecule has 0 bridgehead atoms. The number of aliphatic imine (C=N–C) groups is 2. The fourth-order valence-electron chi connectivity index (χ4n) is 9.63. The zero-order valence-corrected chi connectivity index (χ0v) is 35.0. The van der Waals surface area contributed by atoms with Crippen molar-refractivity contribution in [1.29, 1.82) is 0 Å². The first kappa shape index (κ1) is 41.9. The Kier molecular flexibility index (Phi) is 13.0. The van der Waals surface area contributed by atoms with Crippen molar-refractivity contribution in [3.8, 4) is 0 Å². The Bertz CT molecular complexity index is 2190. The quantitative estimate of drug-likeness (QED) is 0.119. The average Bonchev–Trinajstić information content (AvgIpc) is 4.14. The maximum atomic E-state index is 9.10. The number of hydrogen-bond donors (Lipinski definition) is 2. The van der Waals surface area contributed by atoms with Crippen LogP contribution in [0.25, 0.3) is 0 Å². The molecule has 2 N–H and O–H groups in total. The molecule has 314 valence electrons. The highest BCUT2D eigenvalue weighted by Crippen LogP contribution is 2.61. The minimum atomic E-state index is -1.82. The molecular formula is C54H54N4O4. The van der Waals surface area contributed by atoms with Crippen LogP contribution in [0.2, 0.25) is 0 Å². The lowest BCUT2D eigenvalue weighted by Crippen LogP contribution is -2.33. The van der Waals surface area contributed by atoms with Gasteiger partial charge in [0, 0.05) is 48.8 Å². The van der Waals surface area contributed by atoms with Gasteiger partial charge in [-0.15, -0.1) is 0 Å². The summed E-state index contributed by atoms with van der Waals surface area (Å²) in [7, 11) is 0. The van der Waals surface area contributed by atoms with E-state index in [1.165, 1.54) is 45.1 Å². The zero-order chi connectivity index (χ0) is 42.8. The summed E-state index contributed by atoms with van der Waals surface area (Å²) in [6, 6.07) is 65.7. The van der Waals surface area contributed by atoms with Gasteiger partial charge < -0.3 is 20.0 Å². The van der Waals surface area contributed by atoms with Gasteiger partial charge in [0.25, 0.3) is 0 Å². The summed E-state index contributed by atoms with van der Waals surface area (Å²) in [4.78, 5) is 33.2. The third kappa shape index (κ3) is 9.25. The van der Waals surface area contributed by atoms with Crippen molar-refractivity contribution in [1.82, 2.24) is 9.80 Å². The zero-order valence-electron chi connectivity index (χ0n) is 35.0. The second-order valence-corrected chi connectivity index (χ2v) is 16.5. The molecule has 6 aromatic rings. The third-order valence-corrected chi connectivity index (χ3v) is 12.8. The molecule has 0 spiro atoms. The highest BCUT2D eigenvalue weighted by molar-refractivity contribution is 6.27. The summed E-state index contributed by atoms with van der Waals surface area (Å²) in [6.07, 6.45) is 4.47. The van der Waals surface area contributed by atoms with Crippen LogP contribution in [0.1, 0.15) is 46.2 Å². The van der Waals surface area contributed by atoms with Crippen molar-refractivity contribution in [2.45, 2.75) is 36.5 Å². The van der Waals surface area contributed by atoms with Crippen molar-refractivity contribution in [3.05, 3.63) is 215 Å². The third-order valence-electron chi connectivity index (χ3n) is 12.8. The van der Waals surface area contributed by atoms with E-state index in [4.69, 9.17) is 29.8 Å². The Hall–Kier alpha value is -6.80. The van der Waals surface area contributed by atoms with Crippen LogP contribution >= 0.6 is 0 Å². The molecule has 0 radical (unpaired) electrons. The molecule has 0 aromatic heterocycles. The van der Waals surface area contributed by atoms with Crippen LogP contribution in [0.15, 0.2) is 192 Å². The van der Waals surface area contributed by atoms with Crippen molar-refractivity contribution in [2.24, 2.45) is 21.8 Å². The summed E-state index contributed by atoms with van der Waals surface area (Å²) in [6.45, 7) is 6.08. The average molecular weight is 823 g/mol. The number of rotatable bonds is 12. The summed E-state index contributed by atoms with van der Waals surface area (Å²) in [5, 5.41) is 14.8. The molecule has 6 aromatic carbocycles. The Morgan fingerprint density at radius 1 is 0.452 bits per heavy atom. The molecular weight excluding hydrogens is 769 g/mol. The molecule has 62 heavy (non-hydrogen) atoms. The number of benzene rings is 6. The number of nitrogens with zero attached hydrogens (tertiary/aromatic N) is 4. The highest BCUT2D eigenvalue weighted by Gasteiger charge is 2.61.